The molecule has 0 spiro atoms. The van der Waals surface area contributed by atoms with Gasteiger partial charge in [-0.25, -0.2) is 9.67 Å². The van der Waals surface area contributed by atoms with Crippen LogP contribution in [0.25, 0.3) is 5.69 Å². The molecule has 3 aromatic rings. The number of amides is 1. The minimum Gasteiger partial charge on any atom is -0.370 e. The van der Waals surface area contributed by atoms with Gasteiger partial charge >= 0.3 is 0 Å². The van der Waals surface area contributed by atoms with Gasteiger partial charge in [0.1, 0.15) is 12.7 Å². The Balaban J connectivity index is 1.37. The van der Waals surface area contributed by atoms with Gasteiger partial charge in [-0.15, -0.1) is 0 Å². The lowest BCUT2D eigenvalue weighted by molar-refractivity contribution is -0.117. The number of carbonyl (C=O) groups excluding carboxylic acids is 1. The number of aromatic nitrogens is 3. The Labute approximate surface area is 185 Å². The third-order valence-electron chi connectivity index (χ3n) is 5.22. The fraction of sp³-hybridized carbons (Fsp3) is 0.273. The summed E-state index contributed by atoms with van der Waals surface area (Å²) in [6.07, 6.45) is 3.97. The molecule has 2 heterocycles. The minimum atomic E-state index is -0.101. The highest BCUT2D eigenvalue weighted by molar-refractivity contribution is 6.31. The summed E-state index contributed by atoms with van der Waals surface area (Å²) in [5, 5.41) is 16.6. The highest BCUT2D eigenvalue weighted by Gasteiger charge is 2.18. The summed E-state index contributed by atoms with van der Waals surface area (Å²) in [5.41, 5.74) is 3.06. The van der Waals surface area contributed by atoms with E-state index in [1.54, 1.807) is 29.2 Å². The van der Waals surface area contributed by atoms with Gasteiger partial charge < -0.3 is 10.2 Å². The van der Waals surface area contributed by atoms with Gasteiger partial charge in [-0.1, -0.05) is 11.6 Å². The maximum Gasteiger partial charge on any atom is 0.238 e. The molecule has 0 bridgehead atoms. The summed E-state index contributed by atoms with van der Waals surface area (Å²) in [4.78, 5) is 21.2. The monoisotopic (exact) mass is 435 g/mol. The second kappa shape index (κ2) is 9.60. The molecule has 0 unspecified atom stereocenters. The first kappa shape index (κ1) is 20.8. The van der Waals surface area contributed by atoms with E-state index in [0.29, 0.717) is 28.5 Å². The van der Waals surface area contributed by atoms with Crippen molar-refractivity contribution in [2.24, 2.45) is 0 Å². The largest absolute Gasteiger partial charge is 0.370 e. The highest BCUT2D eigenvalue weighted by atomic mass is 35.5. The third-order valence-corrected chi connectivity index (χ3v) is 5.45. The summed E-state index contributed by atoms with van der Waals surface area (Å²) in [7, 11) is 0. The molecule has 1 saturated heterocycles. The number of rotatable bonds is 5. The van der Waals surface area contributed by atoms with Crippen LogP contribution in [0.1, 0.15) is 12.0 Å². The second-order valence-corrected chi connectivity index (χ2v) is 7.76. The molecule has 9 heteroatoms. The first-order valence-electron chi connectivity index (χ1n) is 10.0. The Morgan fingerprint density at radius 2 is 1.97 bits per heavy atom. The van der Waals surface area contributed by atoms with Crippen LogP contribution in [-0.2, 0) is 4.79 Å². The third kappa shape index (κ3) is 5.20. The van der Waals surface area contributed by atoms with E-state index in [9.17, 15) is 4.79 Å². The van der Waals surface area contributed by atoms with Crippen LogP contribution in [-0.4, -0.2) is 58.3 Å². The molecule has 158 valence electrons. The van der Waals surface area contributed by atoms with E-state index in [1.807, 2.05) is 24.3 Å². The maximum absolute atomic E-state index is 12.8. The zero-order chi connectivity index (χ0) is 21.6. The van der Waals surface area contributed by atoms with Gasteiger partial charge in [-0.05, 0) is 48.9 Å². The fourth-order valence-corrected chi connectivity index (χ4v) is 3.84. The predicted molar refractivity (Wildman–Crippen MR) is 119 cm³/mol. The Bertz CT molecular complexity index is 1080. The topological polar surface area (TPSA) is 90.1 Å². The molecule has 0 radical (unpaired) electrons. The molecule has 1 amide bonds. The van der Waals surface area contributed by atoms with Crippen LogP contribution in [0, 0.1) is 11.3 Å². The number of halogens is 1. The minimum absolute atomic E-state index is 0.101. The smallest absolute Gasteiger partial charge is 0.238 e. The van der Waals surface area contributed by atoms with Crippen molar-refractivity contribution in [2.45, 2.75) is 6.42 Å². The quantitative estimate of drug-likeness (QED) is 0.662. The summed E-state index contributed by atoms with van der Waals surface area (Å²) in [6, 6.07) is 15.0. The summed E-state index contributed by atoms with van der Waals surface area (Å²) in [5.74, 6) is -0.101. The Kier molecular flexibility index (Phi) is 6.46. The van der Waals surface area contributed by atoms with Crippen molar-refractivity contribution >= 4 is 28.9 Å². The van der Waals surface area contributed by atoms with Crippen LogP contribution in [0.15, 0.2) is 55.1 Å². The SMILES string of the molecule is N#Cc1ccc(N2CCCN(CC(=O)Nc3cc(Cl)ccc3-n3cncn3)CC2)cc1. The molecule has 4 rings (SSSR count). The molecular weight excluding hydrogens is 414 g/mol. The van der Waals surface area contributed by atoms with Crippen LogP contribution in [0.4, 0.5) is 11.4 Å². The molecule has 1 aromatic heterocycles. The molecule has 1 fully saturated rings. The van der Waals surface area contributed by atoms with E-state index in [4.69, 9.17) is 16.9 Å². The van der Waals surface area contributed by atoms with Crippen molar-refractivity contribution in [1.82, 2.24) is 19.7 Å². The van der Waals surface area contributed by atoms with Crippen LogP contribution < -0.4 is 10.2 Å². The number of hydrogen-bond acceptors (Lipinski definition) is 6. The standard InChI is InChI=1S/C22H22ClN7O/c23-18-4-7-21(30-16-25-15-26-30)20(12-18)27-22(31)14-28-8-1-9-29(11-10-28)19-5-2-17(13-24)3-6-19/h2-7,12,15-16H,1,8-11,14H2,(H,27,31). The number of nitrogens with zero attached hydrogens (tertiary/aromatic N) is 6. The van der Waals surface area contributed by atoms with Crippen molar-refractivity contribution in [2.75, 3.05) is 42.9 Å². The predicted octanol–water partition coefficient (Wildman–Crippen LogP) is 2.94. The zero-order valence-corrected chi connectivity index (χ0v) is 17.7. The average Bonchev–Trinajstić information content (AvgIpc) is 3.21. The second-order valence-electron chi connectivity index (χ2n) is 7.33. The highest BCUT2D eigenvalue weighted by Crippen LogP contribution is 2.24. The molecule has 1 aliphatic heterocycles. The van der Waals surface area contributed by atoms with E-state index in [-0.39, 0.29) is 5.91 Å². The van der Waals surface area contributed by atoms with E-state index in [2.05, 4.69) is 31.3 Å². The zero-order valence-electron chi connectivity index (χ0n) is 16.9. The molecule has 1 aliphatic rings. The normalized spacial score (nSPS) is 14.6. The van der Waals surface area contributed by atoms with E-state index < -0.39 is 0 Å². The van der Waals surface area contributed by atoms with Crippen LogP contribution >= 0.6 is 11.6 Å². The molecule has 2 aromatic carbocycles. The molecule has 0 atom stereocenters. The molecule has 1 N–H and O–H groups in total. The van der Waals surface area contributed by atoms with Crippen molar-refractivity contribution in [3.05, 3.63) is 65.7 Å². The van der Waals surface area contributed by atoms with Gasteiger partial charge in [-0.2, -0.15) is 10.4 Å². The van der Waals surface area contributed by atoms with Crippen molar-refractivity contribution in [3.8, 4) is 11.8 Å². The summed E-state index contributed by atoms with van der Waals surface area (Å²) >= 11 is 6.14. The molecule has 0 aliphatic carbocycles. The average molecular weight is 436 g/mol. The number of benzene rings is 2. The van der Waals surface area contributed by atoms with E-state index in [1.165, 1.54) is 6.33 Å². The molecule has 0 saturated carbocycles. The van der Waals surface area contributed by atoms with Crippen molar-refractivity contribution in [1.29, 1.82) is 5.26 Å². The summed E-state index contributed by atoms with van der Waals surface area (Å²) in [6.45, 7) is 3.64. The van der Waals surface area contributed by atoms with Gasteiger partial charge in [0.05, 0.1) is 29.6 Å². The van der Waals surface area contributed by atoms with Gasteiger partial charge in [0, 0.05) is 36.9 Å². The Hall–Kier alpha value is -3.41. The number of nitrogens with one attached hydrogen (secondary N) is 1. The number of hydrogen-bond donors (Lipinski definition) is 1. The fourth-order valence-electron chi connectivity index (χ4n) is 3.67. The number of anilines is 2. The van der Waals surface area contributed by atoms with Gasteiger partial charge in [-0.3, -0.25) is 9.69 Å². The Morgan fingerprint density at radius 3 is 2.71 bits per heavy atom. The lowest BCUT2D eigenvalue weighted by Crippen LogP contribution is -2.36. The van der Waals surface area contributed by atoms with E-state index in [0.717, 1.165) is 38.3 Å². The first-order valence-corrected chi connectivity index (χ1v) is 10.4. The van der Waals surface area contributed by atoms with Crippen LogP contribution in [0.5, 0.6) is 0 Å². The molecule has 31 heavy (non-hydrogen) atoms. The molecular formula is C22H22ClN7O. The van der Waals surface area contributed by atoms with Crippen molar-refractivity contribution < 1.29 is 4.79 Å². The maximum atomic E-state index is 12.8. The van der Waals surface area contributed by atoms with Crippen LogP contribution in [0.3, 0.4) is 0 Å². The lowest BCUT2D eigenvalue weighted by atomic mass is 10.2. The van der Waals surface area contributed by atoms with Gasteiger partial charge in [0.2, 0.25) is 5.91 Å². The van der Waals surface area contributed by atoms with Crippen molar-refractivity contribution in [3.63, 3.8) is 0 Å². The Morgan fingerprint density at radius 1 is 1.13 bits per heavy atom. The van der Waals surface area contributed by atoms with Crippen LogP contribution in [0.2, 0.25) is 5.02 Å². The first-order chi connectivity index (χ1) is 15.1. The van der Waals surface area contributed by atoms with Gasteiger partial charge in [0.25, 0.3) is 0 Å². The summed E-state index contributed by atoms with van der Waals surface area (Å²) < 4.78 is 1.59. The number of carbonyl (C=O) groups is 1. The van der Waals surface area contributed by atoms with Gasteiger partial charge in [0.15, 0.2) is 0 Å². The number of nitriles is 1. The lowest BCUT2D eigenvalue weighted by Gasteiger charge is -2.23. The molecule has 8 nitrogen and oxygen atoms in total. The van der Waals surface area contributed by atoms with E-state index >= 15 is 0 Å².